The first-order valence-corrected chi connectivity index (χ1v) is 13.6. The quantitative estimate of drug-likeness (QED) is 0.240. The highest BCUT2D eigenvalue weighted by Gasteiger charge is 2.37. The Morgan fingerprint density at radius 1 is 0.952 bits per heavy atom. The number of esters is 1. The smallest absolute Gasteiger partial charge is 0.408 e. The molecule has 0 saturated carbocycles. The molecule has 0 saturated heterocycles. The molecule has 224 valence electrons. The minimum Gasteiger partial charge on any atom is -0.458 e. The van der Waals surface area contributed by atoms with Crippen LogP contribution in [0.5, 0.6) is 0 Å². The summed E-state index contributed by atoms with van der Waals surface area (Å²) in [4.78, 5) is 54.1. The molecule has 0 aromatic heterocycles. The zero-order valence-electron chi connectivity index (χ0n) is 25.4. The van der Waals surface area contributed by atoms with Gasteiger partial charge in [-0.2, -0.15) is 0 Å². The highest BCUT2D eigenvalue weighted by atomic mass is 16.6. The number of terminal acetylenes is 1. The van der Waals surface area contributed by atoms with Gasteiger partial charge in [0.1, 0.15) is 29.3 Å². The maximum atomic E-state index is 14.0. The fraction of sp³-hybridized carbons (Fsp3) is 0.394. The number of hydrogen-bond donors (Lipinski definition) is 2. The van der Waals surface area contributed by atoms with Crippen molar-refractivity contribution in [1.82, 2.24) is 15.5 Å². The third-order valence-corrected chi connectivity index (χ3v) is 5.74. The zero-order chi connectivity index (χ0) is 31.7. The summed E-state index contributed by atoms with van der Waals surface area (Å²) >= 11 is 0. The van der Waals surface area contributed by atoms with E-state index in [-0.39, 0.29) is 6.42 Å². The summed E-state index contributed by atoms with van der Waals surface area (Å²) in [5.41, 5.74) is 0.254. The van der Waals surface area contributed by atoms with E-state index in [9.17, 15) is 19.2 Å². The van der Waals surface area contributed by atoms with Gasteiger partial charge in [-0.25, -0.2) is 9.59 Å². The van der Waals surface area contributed by atoms with Crippen molar-refractivity contribution in [2.24, 2.45) is 0 Å². The number of alkyl carbamates (subject to hydrolysis) is 1. The van der Waals surface area contributed by atoms with E-state index < -0.39 is 53.2 Å². The summed E-state index contributed by atoms with van der Waals surface area (Å²) in [7, 11) is 0. The number of amides is 3. The Kier molecular flexibility index (Phi) is 11.5. The lowest BCUT2D eigenvalue weighted by Crippen LogP contribution is -2.53. The molecule has 9 heteroatoms. The summed E-state index contributed by atoms with van der Waals surface area (Å²) < 4.78 is 10.9. The largest absolute Gasteiger partial charge is 0.458 e. The number of carbonyl (C=O) groups is 4. The van der Waals surface area contributed by atoms with E-state index in [0.29, 0.717) is 11.1 Å². The van der Waals surface area contributed by atoms with Crippen LogP contribution in [0.4, 0.5) is 4.79 Å². The molecule has 9 nitrogen and oxygen atoms in total. The first kappa shape index (κ1) is 33.6. The molecular formula is C33H41N3O6. The van der Waals surface area contributed by atoms with Gasteiger partial charge in [0.05, 0.1) is 0 Å². The second-order valence-corrected chi connectivity index (χ2v) is 11.8. The fourth-order valence-corrected chi connectivity index (χ4v) is 3.96. The predicted molar refractivity (Wildman–Crippen MR) is 162 cm³/mol. The maximum absolute atomic E-state index is 14.0. The van der Waals surface area contributed by atoms with E-state index in [1.54, 1.807) is 71.9 Å². The van der Waals surface area contributed by atoms with Gasteiger partial charge in [0.15, 0.2) is 0 Å². The van der Waals surface area contributed by atoms with Gasteiger partial charge < -0.3 is 20.1 Å². The van der Waals surface area contributed by atoms with Crippen molar-refractivity contribution in [3.63, 3.8) is 0 Å². The van der Waals surface area contributed by atoms with Crippen molar-refractivity contribution >= 4 is 30.0 Å². The molecule has 0 heterocycles. The molecule has 2 aromatic carbocycles. The lowest BCUT2D eigenvalue weighted by atomic mass is 9.99. The Morgan fingerprint density at radius 3 is 2.12 bits per heavy atom. The van der Waals surface area contributed by atoms with E-state index in [0.717, 1.165) is 10.5 Å². The molecule has 2 N–H and O–H groups in total. The summed E-state index contributed by atoms with van der Waals surface area (Å²) in [6.45, 7) is 15.5. The van der Waals surface area contributed by atoms with Gasteiger partial charge >= 0.3 is 12.1 Å². The molecule has 0 aliphatic carbocycles. The summed E-state index contributed by atoms with van der Waals surface area (Å²) in [5.74, 6) is -2.08. The van der Waals surface area contributed by atoms with Crippen LogP contribution in [0.15, 0.2) is 61.2 Å². The maximum Gasteiger partial charge on any atom is 0.408 e. The van der Waals surface area contributed by atoms with Crippen LogP contribution in [0.2, 0.25) is 0 Å². The Hall–Kier alpha value is -4.58. The molecular weight excluding hydrogens is 534 g/mol. The Labute approximate surface area is 248 Å². The van der Waals surface area contributed by atoms with Crippen molar-refractivity contribution < 1.29 is 28.7 Å². The van der Waals surface area contributed by atoms with E-state index in [4.69, 9.17) is 15.9 Å². The Balaban J connectivity index is 2.48. The summed E-state index contributed by atoms with van der Waals surface area (Å²) in [6.07, 6.45) is 6.72. The molecule has 0 spiro atoms. The highest BCUT2D eigenvalue weighted by Crippen LogP contribution is 2.24. The number of hydrogen-bond acceptors (Lipinski definition) is 6. The number of rotatable bonds is 10. The van der Waals surface area contributed by atoms with Crippen LogP contribution in [-0.4, -0.2) is 52.1 Å². The molecule has 0 aliphatic rings. The molecule has 0 fully saturated rings. The predicted octanol–water partition coefficient (Wildman–Crippen LogP) is 4.77. The summed E-state index contributed by atoms with van der Waals surface area (Å²) in [5, 5.41) is 5.23. The molecule has 0 aliphatic heterocycles. The normalized spacial score (nSPS) is 13.4. The average molecular weight is 576 g/mol. The van der Waals surface area contributed by atoms with Gasteiger partial charge in [0.2, 0.25) is 5.91 Å². The Bertz CT molecular complexity index is 1320. The van der Waals surface area contributed by atoms with E-state index >= 15 is 0 Å². The van der Waals surface area contributed by atoms with E-state index in [2.05, 4.69) is 23.3 Å². The number of benzene rings is 2. The van der Waals surface area contributed by atoms with Crippen LogP contribution in [0, 0.1) is 12.5 Å². The number of nitrogens with one attached hydrogen (secondary N) is 2. The lowest BCUT2D eigenvalue weighted by molar-refractivity contribution is -0.159. The number of ether oxygens (including phenoxy) is 2. The van der Waals surface area contributed by atoms with E-state index in [1.165, 1.54) is 6.92 Å². The third kappa shape index (κ3) is 10.4. The van der Waals surface area contributed by atoms with Gasteiger partial charge in [0, 0.05) is 12.5 Å². The number of carbonyl (C=O) groups excluding carboxylic acids is 4. The standard InChI is InChI=1S/C33H41N3O6/c1-10-23-18-15-19-25(20-23)27(36(11-2)29(38)22(3)34-31(40)42-33(7,8)9)28(37)35-26(30(39)41-32(4,5)6)21-24-16-13-12-14-17-24/h2,10,12-20,22,26-27H,1,21H2,3-9H3,(H,34,40)(H,35,37). The average Bonchev–Trinajstić information content (AvgIpc) is 2.89. The van der Waals surface area contributed by atoms with Crippen LogP contribution < -0.4 is 10.6 Å². The molecule has 3 atom stereocenters. The van der Waals surface area contributed by atoms with Crippen molar-refractivity contribution in [2.45, 2.75) is 84.2 Å². The van der Waals surface area contributed by atoms with Crippen molar-refractivity contribution in [3.05, 3.63) is 77.9 Å². The monoisotopic (exact) mass is 575 g/mol. The first-order valence-electron chi connectivity index (χ1n) is 13.6. The first-order chi connectivity index (χ1) is 19.5. The van der Waals surface area contributed by atoms with Crippen molar-refractivity contribution in [1.29, 1.82) is 0 Å². The lowest BCUT2D eigenvalue weighted by Gasteiger charge is -2.31. The minimum absolute atomic E-state index is 0.140. The molecule has 2 aromatic rings. The van der Waals surface area contributed by atoms with Crippen molar-refractivity contribution in [2.75, 3.05) is 0 Å². The number of nitrogens with zero attached hydrogens (tertiary/aromatic N) is 1. The van der Waals surface area contributed by atoms with Crippen LogP contribution >= 0.6 is 0 Å². The molecule has 0 radical (unpaired) electrons. The molecule has 3 amide bonds. The van der Waals surface area contributed by atoms with Gasteiger partial charge in [0.25, 0.3) is 5.91 Å². The topological polar surface area (TPSA) is 114 Å². The van der Waals surface area contributed by atoms with Crippen LogP contribution in [0.25, 0.3) is 6.08 Å². The molecule has 3 unspecified atom stereocenters. The van der Waals surface area contributed by atoms with Crippen LogP contribution in [0.3, 0.4) is 0 Å². The van der Waals surface area contributed by atoms with Gasteiger partial charge in [-0.1, -0.05) is 67.6 Å². The zero-order valence-corrected chi connectivity index (χ0v) is 25.4. The molecule has 42 heavy (non-hydrogen) atoms. The van der Waals surface area contributed by atoms with Crippen LogP contribution in [-0.2, 0) is 30.3 Å². The van der Waals surface area contributed by atoms with Gasteiger partial charge in [-0.05, 0) is 71.2 Å². The molecule has 0 bridgehead atoms. The van der Waals surface area contributed by atoms with Gasteiger partial charge in [-0.15, -0.1) is 0 Å². The highest BCUT2D eigenvalue weighted by molar-refractivity contribution is 5.94. The SMILES string of the molecule is C#CN(C(=O)C(C)NC(=O)OC(C)(C)C)C(C(=O)NC(Cc1ccccc1)C(=O)OC(C)(C)C)c1cccc(C=C)c1. The summed E-state index contributed by atoms with van der Waals surface area (Å²) in [6, 6.07) is 14.7. The van der Waals surface area contributed by atoms with Gasteiger partial charge in [-0.3, -0.25) is 14.5 Å². The minimum atomic E-state index is -1.36. The fourth-order valence-electron chi connectivity index (χ4n) is 3.96. The van der Waals surface area contributed by atoms with E-state index in [1.807, 2.05) is 30.3 Å². The van der Waals surface area contributed by atoms with Crippen LogP contribution in [0.1, 0.15) is 71.2 Å². The van der Waals surface area contributed by atoms with Crippen molar-refractivity contribution in [3.8, 4) is 12.5 Å². The Morgan fingerprint density at radius 2 is 1.57 bits per heavy atom. The second kappa shape index (κ2) is 14.4. The molecule has 2 rings (SSSR count). The third-order valence-electron chi connectivity index (χ3n) is 5.74. The second-order valence-electron chi connectivity index (χ2n) is 11.8.